The van der Waals surface area contributed by atoms with Crippen LogP contribution in [0.25, 0.3) is 0 Å². The highest BCUT2D eigenvalue weighted by molar-refractivity contribution is 5.66. The summed E-state index contributed by atoms with van der Waals surface area (Å²) in [7, 11) is 0. The number of nitriles is 1. The SMILES string of the molecule is Cc1nccc(N2CCN(c3nccc(C#N)c3[N+](=O)[O-])CC2)n1. The number of nitrogens with zero attached hydrogens (tertiary/aromatic N) is 7. The van der Waals surface area contributed by atoms with Crippen molar-refractivity contribution in [3.05, 3.63) is 46.0 Å². The van der Waals surface area contributed by atoms with Crippen LogP contribution in [0.2, 0.25) is 0 Å². The van der Waals surface area contributed by atoms with E-state index in [-0.39, 0.29) is 17.1 Å². The van der Waals surface area contributed by atoms with Crippen molar-refractivity contribution >= 4 is 17.3 Å². The standard InChI is InChI=1S/C15H15N7O2/c1-11-17-5-3-13(19-11)20-6-8-21(9-7-20)15-14(22(23)24)12(10-16)2-4-18-15/h2-5H,6-9H2,1H3. The van der Waals surface area contributed by atoms with Gasteiger partial charge >= 0.3 is 5.69 Å². The van der Waals surface area contributed by atoms with Gasteiger partial charge in [0.2, 0.25) is 5.82 Å². The molecule has 0 spiro atoms. The van der Waals surface area contributed by atoms with Crippen LogP contribution in [0.5, 0.6) is 0 Å². The number of hydrogen-bond acceptors (Lipinski definition) is 8. The van der Waals surface area contributed by atoms with E-state index in [0.29, 0.717) is 32.0 Å². The number of nitro groups is 1. The molecule has 9 heteroatoms. The first-order chi connectivity index (χ1) is 11.6. The molecule has 9 nitrogen and oxygen atoms in total. The second-order valence-electron chi connectivity index (χ2n) is 5.34. The fourth-order valence-corrected chi connectivity index (χ4v) is 2.71. The molecule has 122 valence electrons. The van der Waals surface area contributed by atoms with Crippen molar-refractivity contribution in [2.45, 2.75) is 6.92 Å². The molecule has 0 saturated carbocycles. The Morgan fingerprint density at radius 2 is 1.83 bits per heavy atom. The Morgan fingerprint density at radius 1 is 1.17 bits per heavy atom. The van der Waals surface area contributed by atoms with E-state index in [1.165, 1.54) is 12.3 Å². The Morgan fingerprint density at radius 3 is 2.46 bits per heavy atom. The average Bonchev–Trinajstić information content (AvgIpc) is 2.61. The summed E-state index contributed by atoms with van der Waals surface area (Å²) in [4.78, 5) is 27.3. The molecule has 1 fully saturated rings. The van der Waals surface area contributed by atoms with Crippen LogP contribution in [0.15, 0.2) is 24.5 Å². The molecule has 24 heavy (non-hydrogen) atoms. The molecule has 0 aromatic carbocycles. The highest BCUT2D eigenvalue weighted by atomic mass is 16.6. The predicted molar refractivity (Wildman–Crippen MR) is 86.8 cm³/mol. The summed E-state index contributed by atoms with van der Waals surface area (Å²) in [6, 6.07) is 5.07. The number of pyridine rings is 1. The third-order valence-corrected chi connectivity index (χ3v) is 3.87. The molecule has 0 amide bonds. The predicted octanol–water partition coefficient (Wildman–Crippen LogP) is 1.29. The van der Waals surface area contributed by atoms with Crippen LogP contribution in [0.1, 0.15) is 11.4 Å². The van der Waals surface area contributed by atoms with Gasteiger partial charge < -0.3 is 9.80 Å². The van der Waals surface area contributed by atoms with Crippen molar-refractivity contribution in [3.8, 4) is 6.07 Å². The highest BCUT2D eigenvalue weighted by Gasteiger charge is 2.28. The van der Waals surface area contributed by atoms with Gasteiger partial charge in [-0.1, -0.05) is 0 Å². The van der Waals surface area contributed by atoms with E-state index in [9.17, 15) is 10.1 Å². The van der Waals surface area contributed by atoms with E-state index in [1.54, 1.807) is 6.20 Å². The van der Waals surface area contributed by atoms with Crippen molar-refractivity contribution in [2.24, 2.45) is 0 Å². The number of aromatic nitrogens is 3. The van der Waals surface area contributed by atoms with Crippen LogP contribution < -0.4 is 9.80 Å². The lowest BCUT2D eigenvalue weighted by molar-refractivity contribution is -0.384. The number of aryl methyl sites for hydroxylation is 1. The zero-order valence-electron chi connectivity index (χ0n) is 13.1. The largest absolute Gasteiger partial charge is 0.353 e. The molecule has 3 heterocycles. The fourth-order valence-electron chi connectivity index (χ4n) is 2.71. The highest BCUT2D eigenvalue weighted by Crippen LogP contribution is 2.30. The molecule has 0 radical (unpaired) electrons. The number of piperazine rings is 1. The van der Waals surface area contributed by atoms with Crippen LogP contribution in [0, 0.1) is 28.4 Å². The molecule has 0 bridgehead atoms. The van der Waals surface area contributed by atoms with Crippen LogP contribution >= 0.6 is 0 Å². The first kappa shape index (κ1) is 15.6. The number of rotatable bonds is 3. The summed E-state index contributed by atoms with van der Waals surface area (Å²) in [6.45, 7) is 4.27. The quantitative estimate of drug-likeness (QED) is 0.613. The van der Waals surface area contributed by atoms with Gasteiger partial charge in [-0.3, -0.25) is 10.1 Å². The topological polar surface area (TPSA) is 112 Å². The lowest BCUT2D eigenvalue weighted by atomic mass is 10.2. The first-order valence-electron chi connectivity index (χ1n) is 7.43. The van der Waals surface area contributed by atoms with Gasteiger partial charge in [0.15, 0.2) is 0 Å². The maximum absolute atomic E-state index is 11.3. The Labute approximate surface area is 138 Å². The molecule has 1 aliphatic rings. The van der Waals surface area contributed by atoms with Crippen molar-refractivity contribution in [3.63, 3.8) is 0 Å². The van der Waals surface area contributed by atoms with Gasteiger partial charge in [-0.05, 0) is 19.1 Å². The molecule has 1 saturated heterocycles. The van der Waals surface area contributed by atoms with Crippen molar-refractivity contribution < 1.29 is 4.92 Å². The first-order valence-corrected chi connectivity index (χ1v) is 7.43. The number of hydrogen-bond donors (Lipinski definition) is 0. The molecule has 3 rings (SSSR count). The van der Waals surface area contributed by atoms with Gasteiger partial charge in [-0.15, -0.1) is 0 Å². The van der Waals surface area contributed by atoms with E-state index in [1.807, 2.05) is 24.0 Å². The van der Waals surface area contributed by atoms with E-state index in [2.05, 4.69) is 19.9 Å². The number of anilines is 2. The van der Waals surface area contributed by atoms with Crippen LogP contribution in [0.3, 0.4) is 0 Å². The maximum Gasteiger partial charge on any atom is 0.329 e. The zero-order valence-corrected chi connectivity index (χ0v) is 13.1. The lowest BCUT2D eigenvalue weighted by Gasteiger charge is -2.35. The monoisotopic (exact) mass is 325 g/mol. The lowest BCUT2D eigenvalue weighted by Crippen LogP contribution is -2.47. The molecule has 2 aromatic rings. The molecule has 1 aliphatic heterocycles. The summed E-state index contributed by atoms with van der Waals surface area (Å²) >= 11 is 0. The minimum Gasteiger partial charge on any atom is -0.353 e. The Balaban J connectivity index is 1.81. The molecule has 0 unspecified atom stereocenters. The maximum atomic E-state index is 11.3. The molecular formula is C15H15N7O2. The van der Waals surface area contributed by atoms with Gasteiger partial charge in [-0.2, -0.15) is 5.26 Å². The molecule has 0 atom stereocenters. The van der Waals surface area contributed by atoms with Gasteiger partial charge in [0.25, 0.3) is 0 Å². The van der Waals surface area contributed by atoms with Crippen LogP contribution in [-0.2, 0) is 0 Å². The molecular weight excluding hydrogens is 310 g/mol. The molecule has 0 N–H and O–H groups in total. The van der Waals surface area contributed by atoms with Gasteiger partial charge in [0.05, 0.1) is 4.92 Å². The zero-order chi connectivity index (χ0) is 17.1. The van der Waals surface area contributed by atoms with E-state index in [0.717, 1.165) is 5.82 Å². The van der Waals surface area contributed by atoms with Gasteiger partial charge in [0, 0.05) is 38.6 Å². The summed E-state index contributed by atoms with van der Waals surface area (Å²) in [5.41, 5.74) is -0.204. The normalized spacial score (nSPS) is 14.3. The third kappa shape index (κ3) is 2.94. The average molecular weight is 325 g/mol. The summed E-state index contributed by atoms with van der Waals surface area (Å²) in [5.74, 6) is 1.79. The minimum atomic E-state index is -0.541. The van der Waals surface area contributed by atoms with Crippen LogP contribution in [0.4, 0.5) is 17.3 Å². The van der Waals surface area contributed by atoms with E-state index in [4.69, 9.17) is 5.26 Å². The second-order valence-corrected chi connectivity index (χ2v) is 5.34. The Kier molecular flexibility index (Phi) is 4.20. The second kappa shape index (κ2) is 6.45. The smallest absolute Gasteiger partial charge is 0.329 e. The molecule has 2 aromatic heterocycles. The summed E-state index contributed by atoms with van der Waals surface area (Å²) < 4.78 is 0. The third-order valence-electron chi connectivity index (χ3n) is 3.87. The molecule has 0 aliphatic carbocycles. The Bertz CT molecular complexity index is 810. The van der Waals surface area contributed by atoms with E-state index >= 15 is 0 Å². The van der Waals surface area contributed by atoms with Crippen molar-refractivity contribution in [2.75, 3.05) is 36.0 Å². The fraction of sp³-hybridized carbons (Fsp3) is 0.333. The van der Waals surface area contributed by atoms with Gasteiger partial charge in [-0.25, -0.2) is 15.0 Å². The van der Waals surface area contributed by atoms with Crippen molar-refractivity contribution in [1.82, 2.24) is 15.0 Å². The summed E-state index contributed by atoms with van der Waals surface area (Å²) in [6.07, 6.45) is 3.15. The van der Waals surface area contributed by atoms with E-state index < -0.39 is 4.92 Å². The van der Waals surface area contributed by atoms with Crippen LogP contribution in [-0.4, -0.2) is 46.1 Å². The van der Waals surface area contributed by atoms with Gasteiger partial charge in [0.1, 0.15) is 23.3 Å². The summed E-state index contributed by atoms with van der Waals surface area (Å²) in [5, 5.41) is 20.4. The van der Waals surface area contributed by atoms with Crippen molar-refractivity contribution in [1.29, 1.82) is 5.26 Å². The minimum absolute atomic E-state index is 0.0267. The Hall–Kier alpha value is -3.28.